The molecule has 37 heavy (non-hydrogen) atoms. The molecular weight excluding hydrogens is 499 g/mol. The van der Waals surface area contributed by atoms with Gasteiger partial charge in [0.2, 0.25) is 5.82 Å². The molecule has 0 aliphatic rings. The first-order valence-corrected chi connectivity index (χ1v) is 11.5. The second-order valence-corrected chi connectivity index (χ2v) is 8.42. The number of hydrogen-bond donors (Lipinski definition) is 2. The van der Waals surface area contributed by atoms with Crippen LogP contribution < -0.4 is 15.4 Å². The Morgan fingerprint density at radius 1 is 1.08 bits per heavy atom. The van der Waals surface area contributed by atoms with Crippen LogP contribution in [-0.4, -0.2) is 32.8 Å². The van der Waals surface area contributed by atoms with Crippen molar-refractivity contribution in [3.63, 3.8) is 0 Å². The summed E-state index contributed by atoms with van der Waals surface area (Å²) in [7, 11) is 1.52. The Hall–Kier alpha value is -4.70. The fourth-order valence-electron chi connectivity index (χ4n) is 3.57. The molecule has 0 spiro atoms. The van der Waals surface area contributed by atoms with Gasteiger partial charge in [0, 0.05) is 29.0 Å². The second-order valence-electron chi connectivity index (χ2n) is 7.98. The topological polar surface area (TPSA) is 107 Å². The van der Waals surface area contributed by atoms with E-state index in [9.17, 15) is 9.18 Å². The first-order chi connectivity index (χ1) is 18.0. The van der Waals surface area contributed by atoms with Crippen molar-refractivity contribution in [3.05, 3.63) is 95.7 Å². The zero-order valence-electron chi connectivity index (χ0n) is 19.5. The largest absolute Gasteiger partial charge is 0.495 e. The summed E-state index contributed by atoms with van der Waals surface area (Å²) in [4.78, 5) is 21.1. The van der Waals surface area contributed by atoms with E-state index in [-0.39, 0.29) is 11.7 Å². The molecule has 0 saturated heterocycles. The second kappa shape index (κ2) is 10.5. The smallest absolute Gasteiger partial charge is 0.323 e. The van der Waals surface area contributed by atoms with Crippen molar-refractivity contribution in [2.75, 3.05) is 17.7 Å². The Labute approximate surface area is 215 Å². The maximum Gasteiger partial charge on any atom is 0.323 e. The summed E-state index contributed by atoms with van der Waals surface area (Å²) < 4.78 is 25.6. The summed E-state index contributed by atoms with van der Waals surface area (Å²) in [5.74, 6) is 0.781. The Balaban J connectivity index is 1.20. The number of imidazole rings is 1. The highest BCUT2D eigenvalue weighted by Gasteiger charge is 2.14. The molecule has 3 aromatic carbocycles. The highest BCUT2D eigenvalue weighted by Crippen LogP contribution is 2.28. The van der Waals surface area contributed by atoms with Crippen LogP contribution in [0.4, 0.5) is 20.6 Å². The number of halogens is 2. The lowest BCUT2D eigenvalue weighted by molar-refractivity contribution is 0.262. The van der Waals surface area contributed by atoms with Crippen molar-refractivity contribution in [2.24, 2.45) is 0 Å². The minimum Gasteiger partial charge on any atom is -0.495 e. The normalized spacial score (nSPS) is 10.8. The summed E-state index contributed by atoms with van der Waals surface area (Å²) in [6, 6.07) is 17.8. The molecule has 0 atom stereocenters. The number of nitrogens with zero attached hydrogens (tertiary/aromatic N) is 4. The van der Waals surface area contributed by atoms with Gasteiger partial charge in [-0.3, -0.25) is 0 Å². The molecule has 0 aliphatic heterocycles. The molecule has 0 saturated carbocycles. The molecule has 0 aliphatic carbocycles. The highest BCUT2D eigenvalue weighted by molar-refractivity contribution is 6.31. The van der Waals surface area contributed by atoms with Crippen LogP contribution in [0, 0.1) is 5.82 Å². The van der Waals surface area contributed by atoms with Crippen LogP contribution in [0.1, 0.15) is 5.56 Å². The van der Waals surface area contributed by atoms with Crippen LogP contribution in [0.15, 0.2) is 83.8 Å². The molecule has 5 rings (SSSR count). The number of carbonyl (C=O) groups is 1. The van der Waals surface area contributed by atoms with Crippen LogP contribution in [0.25, 0.3) is 23.0 Å². The van der Waals surface area contributed by atoms with Crippen molar-refractivity contribution in [1.29, 1.82) is 0 Å². The van der Waals surface area contributed by atoms with Crippen molar-refractivity contribution in [2.45, 2.75) is 6.54 Å². The van der Waals surface area contributed by atoms with Gasteiger partial charge in [0.15, 0.2) is 0 Å². The van der Waals surface area contributed by atoms with Gasteiger partial charge in [-0.1, -0.05) is 28.9 Å². The third-order valence-corrected chi connectivity index (χ3v) is 5.60. The van der Waals surface area contributed by atoms with Gasteiger partial charge in [0.25, 0.3) is 5.89 Å². The van der Waals surface area contributed by atoms with Gasteiger partial charge in [-0.15, -0.1) is 0 Å². The summed E-state index contributed by atoms with van der Waals surface area (Å²) >= 11 is 6.01. The van der Waals surface area contributed by atoms with E-state index in [1.807, 2.05) is 16.7 Å². The molecule has 186 valence electrons. The average molecular weight is 519 g/mol. The first kappa shape index (κ1) is 24.0. The summed E-state index contributed by atoms with van der Waals surface area (Å²) in [6.07, 6.45) is 3.45. The van der Waals surface area contributed by atoms with Crippen molar-refractivity contribution >= 4 is 29.0 Å². The molecule has 0 fully saturated rings. The SMILES string of the molecule is COc1ccc(Cl)cc1NC(=O)Nc1ccc(Cn2cnc(-c3nc(-c4ccc(F)cc4)no3)c2)cc1. The predicted molar refractivity (Wildman–Crippen MR) is 137 cm³/mol. The van der Waals surface area contributed by atoms with E-state index in [4.69, 9.17) is 20.9 Å². The summed E-state index contributed by atoms with van der Waals surface area (Å²) in [5, 5.41) is 9.94. The lowest BCUT2D eigenvalue weighted by atomic mass is 10.2. The molecule has 0 radical (unpaired) electrons. The quantitative estimate of drug-likeness (QED) is 0.270. The summed E-state index contributed by atoms with van der Waals surface area (Å²) in [6.45, 7) is 0.540. The number of anilines is 2. The van der Waals surface area contributed by atoms with Crippen LogP contribution in [0.2, 0.25) is 5.02 Å². The number of hydrogen-bond acceptors (Lipinski definition) is 6. The van der Waals surface area contributed by atoms with Crippen LogP contribution in [-0.2, 0) is 6.54 Å². The first-order valence-electron chi connectivity index (χ1n) is 11.1. The van der Waals surface area contributed by atoms with Gasteiger partial charge in [-0.05, 0) is 60.2 Å². The van der Waals surface area contributed by atoms with Gasteiger partial charge in [0.1, 0.15) is 17.3 Å². The number of ether oxygens (including phenoxy) is 1. The Bertz CT molecular complexity index is 1530. The maximum absolute atomic E-state index is 13.1. The van der Waals surface area contributed by atoms with E-state index >= 15 is 0 Å². The van der Waals surface area contributed by atoms with Gasteiger partial charge in [-0.25, -0.2) is 14.2 Å². The lowest BCUT2D eigenvalue weighted by Gasteiger charge is -2.12. The standard InChI is InChI=1S/C26H20ClFN6O3/c1-36-23-11-6-18(27)12-21(23)31-26(35)30-20-9-2-16(3-10-20)13-34-14-22(29-15-34)25-32-24(33-37-25)17-4-7-19(28)8-5-17/h2-12,14-15H,13H2,1H3,(H2,30,31,35). The van der Waals surface area contributed by atoms with Gasteiger partial charge >= 0.3 is 6.03 Å². The minimum absolute atomic E-state index is 0.264. The third kappa shape index (κ3) is 5.76. The maximum atomic E-state index is 13.1. The number of aromatic nitrogens is 4. The third-order valence-electron chi connectivity index (χ3n) is 5.37. The number of urea groups is 1. The van der Waals surface area contributed by atoms with Crippen LogP contribution in [0.3, 0.4) is 0 Å². The molecule has 2 N–H and O–H groups in total. The molecule has 2 aromatic heterocycles. The molecule has 0 bridgehead atoms. The predicted octanol–water partition coefficient (Wildman–Crippen LogP) is 6.09. The van der Waals surface area contributed by atoms with Gasteiger partial charge < -0.3 is 24.5 Å². The number of nitrogens with one attached hydrogen (secondary N) is 2. The average Bonchev–Trinajstić information content (AvgIpc) is 3.56. The molecule has 0 unspecified atom stereocenters. The molecule has 5 aromatic rings. The van der Waals surface area contributed by atoms with E-state index in [1.165, 1.54) is 19.2 Å². The monoisotopic (exact) mass is 518 g/mol. The van der Waals surface area contributed by atoms with Crippen molar-refractivity contribution < 1.29 is 18.4 Å². The molecule has 2 heterocycles. The molecule has 9 nitrogen and oxygen atoms in total. The minimum atomic E-state index is -0.424. The summed E-state index contributed by atoms with van der Waals surface area (Å²) in [5.41, 5.74) is 3.24. The van der Waals surface area contributed by atoms with E-state index in [2.05, 4.69) is 25.8 Å². The molecule has 2 amide bonds. The van der Waals surface area contributed by atoms with Gasteiger partial charge in [-0.2, -0.15) is 4.98 Å². The Morgan fingerprint density at radius 3 is 2.62 bits per heavy atom. The zero-order valence-corrected chi connectivity index (χ0v) is 20.2. The fourth-order valence-corrected chi connectivity index (χ4v) is 3.74. The number of benzene rings is 3. The zero-order chi connectivity index (χ0) is 25.8. The van der Waals surface area contributed by atoms with Crippen LogP contribution >= 0.6 is 11.6 Å². The van der Waals surface area contributed by atoms with Crippen molar-refractivity contribution in [1.82, 2.24) is 19.7 Å². The van der Waals surface area contributed by atoms with E-state index in [0.717, 1.165) is 5.56 Å². The van der Waals surface area contributed by atoms with E-state index in [0.29, 0.717) is 45.8 Å². The Kier molecular flexibility index (Phi) is 6.82. The van der Waals surface area contributed by atoms with E-state index in [1.54, 1.807) is 55.0 Å². The van der Waals surface area contributed by atoms with Crippen molar-refractivity contribution in [3.8, 4) is 28.7 Å². The highest BCUT2D eigenvalue weighted by atomic mass is 35.5. The number of methoxy groups -OCH3 is 1. The van der Waals surface area contributed by atoms with Crippen LogP contribution in [0.5, 0.6) is 5.75 Å². The fraction of sp³-hybridized carbons (Fsp3) is 0.0769. The van der Waals surface area contributed by atoms with Gasteiger partial charge in [0.05, 0.1) is 19.1 Å². The lowest BCUT2D eigenvalue weighted by Crippen LogP contribution is -2.19. The molecular formula is C26H20ClFN6O3. The number of amides is 2. The van der Waals surface area contributed by atoms with E-state index < -0.39 is 6.03 Å². The number of carbonyl (C=O) groups excluding carboxylic acids is 1. The Morgan fingerprint density at radius 2 is 1.86 bits per heavy atom. The number of rotatable bonds is 7. The molecule has 11 heteroatoms.